The van der Waals surface area contributed by atoms with Crippen LogP contribution in [0.25, 0.3) is 0 Å². The number of nitrogens with zero attached hydrogens (tertiary/aromatic N) is 1. The van der Waals surface area contributed by atoms with Gasteiger partial charge in [-0.25, -0.2) is 8.78 Å². The summed E-state index contributed by atoms with van der Waals surface area (Å²) in [6, 6.07) is 11.5. The van der Waals surface area contributed by atoms with E-state index in [1.165, 1.54) is 12.1 Å². The molecule has 2 aromatic rings. The fourth-order valence-corrected chi connectivity index (χ4v) is 1.99. The van der Waals surface area contributed by atoms with Crippen LogP contribution in [0.5, 0.6) is 0 Å². The van der Waals surface area contributed by atoms with Crippen molar-refractivity contribution in [2.24, 2.45) is 0 Å². The summed E-state index contributed by atoms with van der Waals surface area (Å²) in [6.07, 6.45) is 0. The van der Waals surface area contributed by atoms with Crippen molar-refractivity contribution >= 4 is 5.69 Å². The van der Waals surface area contributed by atoms with Gasteiger partial charge in [-0.3, -0.25) is 4.90 Å². The smallest absolute Gasteiger partial charge is 0.150 e. The van der Waals surface area contributed by atoms with Crippen LogP contribution in [-0.2, 0) is 13.1 Å². The van der Waals surface area contributed by atoms with Gasteiger partial charge in [-0.1, -0.05) is 30.3 Å². The average molecular weight is 262 g/mol. The van der Waals surface area contributed by atoms with Crippen molar-refractivity contribution in [3.05, 3.63) is 65.2 Å². The largest absolute Gasteiger partial charge is 0.396 e. The van der Waals surface area contributed by atoms with Crippen LogP contribution in [0, 0.1) is 11.6 Å². The van der Waals surface area contributed by atoms with Crippen molar-refractivity contribution in [2.75, 3.05) is 12.8 Å². The Bertz CT molecular complexity index is 570. The second-order valence-corrected chi connectivity index (χ2v) is 4.58. The molecule has 0 aromatic heterocycles. The molecule has 0 aliphatic rings. The fourth-order valence-electron chi connectivity index (χ4n) is 1.99. The van der Waals surface area contributed by atoms with E-state index in [-0.39, 0.29) is 11.5 Å². The highest BCUT2D eigenvalue weighted by Gasteiger charge is 2.10. The lowest BCUT2D eigenvalue weighted by atomic mass is 10.1. The van der Waals surface area contributed by atoms with E-state index in [9.17, 15) is 8.78 Å². The molecule has 0 saturated heterocycles. The van der Waals surface area contributed by atoms with E-state index in [0.29, 0.717) is 24.2 Å². The molecule has 0 unspecified atom stereocenters. The second-order valence-electron chi connectivity index (χ2n) is 4.58. The summed E-state index contributed by atoms with van der Waals surface area (Å²) in [5.41, 5.74) is 6.76. The molecule has 0 spiro atoms. The average Bonchev–Trinajstić information content (AvgIpc) is 2.38. The predicted octanol–water partition coefficient (Wildman–Crippen LogP) is 3.18. The Morgan fingerprint density at radius 1 is 0.947 bits per heavy atom. The summed E-state index contributed by atoms with van der Waals surface area (Å²) in [5, 5.41) is 0. The molecule has 0 amide bonds. The van der Waals surface area contributed by atoms with E-state index < -0.39 is 5.82 Å². The minimum atomic E-state index is -0.400. The molecule has 2 aromatic carbocycles. The quantitative estimate of drug-likeness (QED) is 0.857. The van der Waals surface area contributed by atoms with Crippen molar-refractivity contribution in [1.29, 1.82) is 0 Å². The number of nitrogens with two attached hydrogens (primary N) is 1. The van der Waals surface area contributed by atoms with Gasteiger partial charge < -0.3 is 5.73 Å². The van der Waals surface area contributed by atoms with Crippen LogP contribution in [0.3, 0.4) is 0 Å². The molecule has 2 rings (SSSR count). The SMILES string of the molecule is CN(Cc1ccccc1F)Cc1cccc(N)c1F. The number of rotatable bonds is 4. The van der Waals surface area contributed by atoms with Gasteiger partial charge in [0, 0.05) is 24.2 Å². The van der Waals surface area contributed by atoms with Gasteiger partial charge in [0.25, 0.3) is 0 Å². The number of nitrogen functional groups attached to an aromatic ring is 1. The van der Waals surface area contributed by atoms with Crippen molar-refractivity contribution in [3.8, 4) is 0 Å². The van der Waals surface area contributed by atoms with Gasteiger partial charge >= 0.3 is 0 Å². The highest BCUT2D eigenvalue weighted by atomic mass is 19.1. The summed E-state index contributed by atoms with van der Waals surface area (Å²) >= 11 is 0. The Balaban J connectivity index is 2.08. The topological polar surface area (TPSA) is 29.3 Å². The minimum Gasteiger partial charge on any atom is -0.396 e. The molecule has 0 heterocycles. The number of hydrogen-bond acceptors (Lipinski definition) is 2. The zero-order valence-electron chi connectivity index (χ0n) is 10.7. The third-order valence-corrected chi connectivity index (χ3v) is 2.95. The first-order valence-corrected chi connectivity index (χ1v) is 6.02. The third kappa shape index (κ3) is 3.29. The minimum absolute atomic E-state index is 0.136. The lowest BCUT2D eigenvalue weighted by molar-refractivity contribution is 0.308. The Morgan fingerprint density at radius 2 is 1.58 bits per heavy atom. The molecule has 19 heavy (non-hydrogen) atoms. The van der Waals surface area contributed by atoms with E-state index in [1.807, 2.05) is 11.9 Å². The summed E-state index contributed by atoms with van der Waals surface area (Å²) in [4.78, 5) is 1.84. The maximum Gasteiger partial charge on any atom is 0.150 e. The molecule has 0 aliphatic heterocycles. The van der Waals surface area contributed by atoms with Crippen molar-refractivity contribution in [2.45, 2.75) is 13.1 Å². The number of anilines is 1. The fraction of sp³-hybridized carbons (Fsp3) is 0.200. The summed E-state index contributed by atoms with van der Waals surface area (Å²) < 4.78 is 27.3. The summed E-state index contributed by atoms with van der Waals surface area (Å²) in [5.74, 6) is -0.648. The Labute approximate surface area is 111 Å². The van der Waals surface area contributed by atoms with Gasteiger partial charge in [0.05, 0.1) is 5.69 Å². The first-order chi connectivity index (χ1) is 9.08. The van der Waals surface area contributed by atoms with E-state index in [0.717, 1.165) is 0 Å². The summed E-state index contributed by atoms with van der Waals surface area (Å²) in [6.45, 7) is 0.798. The second kappa shape index (κ2) is 5.80. The predicted molar refractivity (Wildman–Crippen MR) is 72.4 cm³/mol. The molecule has 2 nitrogen and oxygen atoms in total. The van der Waals surface area contributed by atoms with Crippen LogP contribution in [-0.4, -0.2) is 11.9 Å². The van der Waals surface area contributed by atoms with Gasteiger partial charge in [-0.2, -0.15) is 0 Å². The van der Waals surface area contributed by atoms with Crippen LogP contribution in [0.15, 0.2) is 42.5 Å². The van der Waals surface area contributed by atoms with E-state index >= 15 is 0 Å². The molecule has 0 saturated carbocycles. The zero-order valence-corrected chi connectivity index (χ0v) is 10.7. The van der Waals surface area contributed by atoms with Crippen LogP contribution in [0.1, 0.15) is 11.1 Å². The normalized spacial score (nSPS) is 10.9. The van der Waals surface area contributed by atoms with E-state index in [2.05, 4.69) is 0 Å². The first kappa shape index (κ1) is 13.5. The molecular formula is C15H16F2N2. The van der Waals surface area contributed by atoms with Gasteiger partial charge in [0.2, 0.25) is 0 Å². The summed E-state index contributed by atoms with van der Waals surface area (Å²) in [7, 11) is 1.81. The molecule has 0 bridgehead atoms. The Morgan fingerprint density at radius 3 is 2.32 bits per heavy atom. The van der Waals surface area contributed by atoms with Crippen molar-refractivity contribution < 1.29 is 8.78 Å². The van der Waals surface area contributed by atoms with E-state index in [1.54, 1.807) is 30.3 Å². The lowest BCUT2D eigenvalue weighted by Crippen LogP contribution is -2.19. The van der Waals surface area contributed by atoms with Gasteiger partial charge in [0.15, 0.2) is 5.82 Å². The van der Waals surface area contributed by atoms with Gasteiger partial charge in [0.1, 0.15) is 5.82 Å². The molecule has 2 N–H and O–H groups in total. The molecular weight excluding hydrogens is 246 g/mol. The van der Waals surface area contributed by atoms with Crippen LogP contribution < -0.4 is 5.73 Å². The maximum atomic E-state index is 13.8. The third-order valence-electron chi connectivity index (χ3n) is 2.95. The number of hydrogen-bond donors (Lipinski definition) is 1. The first-order valence-electron chi connectivity index (χ1n) is 6.02. The van der Waals surface area contributed by atoms with Crippen LogP contribution in [0.2, 0.25) is 0 Å². The monoisotopic (exact) mass is 262 g/mol. The van der Waals surface area contributed by atoms with Gasteiger partial charge in [-0.15, -0.1) is 0 Å². The standard InChI is InChI=1S/C15H16F2N2/c1-19(9-11-5-2-3-7-13(11)16)10-12-6-4-8-14(18)15(12)17/h2-8H,9-10,18H2,1H3. The molecule has 0 atom stereocenters. The molecule has 0 aliphatic carbocycles. The molecule has 4 heteroatoms. The molecule has 0 radical (unpaired) electrons. The van der Waals surface area contributed by atoms with Crippen LogP contribution in [0.4, 0.5) is 14.5 Å². The van der Waals surface area contributed by atoms with Crippen molar-refractivity contribution in [1.82, 2.24) is 4.90 Å². The maximum absolute atomic E-state index is 13.8. The highest BCUT2D eigenvalue weighted by Crippen LogP contribution is 2.17. The highest BCUT2D eigenvalue weighted by molar-refractivity contribution is 5.42. The Kier molecular flexibility index (Phi) is 4.12. The lowest BCUT2D eigenvalue weighted by Gasteiger charge is -2.18. The van der Waals surface area contributed by atoms with Crippen molar-refractivity contribution in [3.63, 3.8) is 0 Å². The zero-order chi connectivity index (χ0) is 13.8. The van der Waals surface area contributed by atoms with E-state index in [4.69, 9.17) is 5.73 Å². The van der Waals surface area contributed by atoms with Gasteiger partial charge in [-0.05, 0) is 19.2 Å². The number of benzene rings is 2. The number of halogens is 2. The molecule has 0 fully saturated rings. The Hall–Kier alpha value is -1.94. The molecule has 100 valence electrons. The van der Waals surface area contributed by atoms with Crippen LogP contribution >= 0.6 is 0 Å².